The molecular weight excluding hydrogens is 396 g/mol. The molecule has 0 radical (unpaired) electrons. The zero-order chi connectivity index (χ0) is 22.1. The van der Waals surface area contributed by atoms with E-state index in [0.29, 0.717) is 12.1 Å². The summed E-state index contributed by atoms with van der Waals surface area (Å²) in [4.78, 5) is 37.9. The van der Waals surface area contributed by atoms with E-state index in [4.69, 9.17) is 9.47 Å². The van der Waals surface area contributed by atoms with Gasteiger partial charge in [-0.25, -0.2) is 9.59 Å². The van der Waals surface area contributed by atoms with Gasteiger partial charge in [-0.05, 0) is 36.1 Å². The third kappa shape index (κ3) is 6.57. The number of nitrogens with zero attached hydrogens (tertiary/aromatic N) is 1. The molecule has 1 heterocycles. The van der Waals surface area contributed by atoms with Crippen molar-refractivity contribution < 1.29 is 23.9 Å². The summed E-state index contributed by atoms with van der Waals surface area (Å²) in [6.45, 7) is 1.88. The molecule has 0 bridgehead atoms. The molecule has 7 nitrogen and oxygen atoms in total. The maximum atomic E-state index is 12.5. The number of nitrogens with one attached hydrogen (secondary N) is 1. The summed E-state index contributed by atoms with van der Waals surface area (Å²) in [7, 11) is 0. The summed E-state index contributed by atoms with van der Waals surface area (Å²) in [6, 6.07) is 19.0. The molecule has 160 valence electrons. The van der Waals surface area contributed by atoms with Crippen molar-refractivity contribution in [3.05, 3.63) is 95.3 Å². The summed E-state index contributed by atoms with van der Waals surface area (Å²) in [5, 5.41) is 2.67. The Morgan fingerprint density at radius 2 is 1.58 bits per heavy atom. The van der Waals surface area contributed by atoms with Crippen LogP contribution in [0.1, 0.15) is 18.1 Å². The van der Waals surface area contributed by atoms with E-state index in [9.17, 15) is 14.4 Å². The molecule has 0 aliphatic carbocycles. The van der Waals surface area contributed by atoms with E-state index in [2.05, 4.69) is 5.32 Å². The van der Waals surface area contributed by atoms with Gasteiger partial charge in [-0.2, -0.15) is 0 Å². The zero-order valence-electron chi connectivity index (χ0n) is 17.2. The zero-order valence-corrected chi connectivity index (χ0v) is 17.2. The minimum atomic E-state index is -0.939. The van der Waals surface area contributed by atoms with Crippen molar-refractivity contribution in [1.82, 2.24) is 10.2 Å². The lowest BCUT2D eigenvalue weighted by Crippen LogP contribution is -2.40. The first-order chi connectivity index (χ1) is 15.0. The van der Waals surface area contributed by atoms with Crippen molar-refractivity contribution in [2.24, 2.45) is 0 Å². The van der Waals surface area contributed by atoms with Gasteiger partial charge in [0.05, 0.1) is 13.2 Å². The predicted octanol–water partition coefficient (Wildman–Crippen LogP) is 3.33. The Kier molecular flexibility index (Phi) is 7.59. The number of ether oxygens (including phenoxy) is 2. The number of rotatable bonds is 6. The lowest BCUT2D eigenvalue weighted by molar-refractivity contribution is -0.158. The first-order valence-electron chi connectivity index (χ1n) is 9.95. The Morgan fingerprint density at radius 1 is 0.935 bits per heavy atom. The van der Waals surface area contributed by atoms with E-state index < -0.39 is 18.0 Å². The number of amides is 2. The van der Waals surface area contributed by atoms with Crippen LogP contribution in [0.25, 0.3) is 0 Å². The minimum absolute atomic E-state index is 0.0242. The Balaban J connectivity index is 1.71. The highest BCUT2D eigenvalue weighted by molar-refractivity contribution is 6.32. The standard InChI is InChI=1S/C24H24N2O5/c1-2-30-23(28)22(27)26-15-20(13-18-9-5-3-6-10-18)14-21(16-26)25-24(29)31-17-19-11-7-4-8-12-19/h3-12,14-15H,2,13,16-17H2,1H3,(H,25,29). The van der Waals surface area contributed by atoms with Gasteiger partial charge in [0.25, 0.3) is 0 Å². The molecule has 1 aliphatic heterocycles. The summed E-state index contributed by atoms with van der Waals surface area (Å²) in [5.74, 6) is -1.73. The van der Waals surface area contributed by atoms with Crippen LogP contribution in [0.4, 0.5) is 4.79 Å². The van der Waals surface area contributed by atoms with Gasteiger partial charge in [0.15, 0.2) is 0 Å². The van der Waals surface area contributed by atoms with Crippen LogP contribution in [0.15, 0.2) is 84.2 Å². The maximum Gasteiger partial charge on any atom is 0.411 e. The molecule has 2 amide bonds. The number of benzene rings is 2. The Bertz CT molecular complexity index is 984. The summed E-state index contributed by atoms with van der Waals surface area (Å²) < 4.78 is 10.1. The Hall–Kier alpha value is -3.87. The molecule has 0 saturated carbocycles. The quantitative estimate of drug-likeness (QED) is 0.572. The molecule has 7 heteroatoms. The molecular formula is C24H24N2O5. The minimum Gasteiger partial charge on any atom is -0.459 e. The molecule has 1 aliphatic rings. The van der Waals surface area contributed by atoms with Crippen LogP contribution in [0.2, 0.25) is 0 Å². The van der Waals surface area contributed by atoms with Gasteiger partial charge in [0.1, 0.15) is 6.61 Å². The lowest BCUT2D eigenvalue weighted by Gasteiger charge is -2.25. The van der Waals surface area contributed by atoms with Gasteiger partial charge < -0.3 is 14.4 Å². The van der Waals surface area contributed by atoms with E-state index in [-0.39, 0.29) is 19.8 Å². The summed E-state index contributed by atoms with van der Waals surface area (Å²) in [5.41, 5.74) is 3.10. The van der Waals surface area contributed by atoms with Crippen molar-refractivity contribution in [2.45, 2.75) is 20.0 Å². The Morgan fingerprint density at radius 3 is 2.23 bits per heavy atom. The monoisotopic (exact) mass is 420 g/mol. The molecule has 0 fully saturated rings. The largest absolute Gasteiger partial charge is 0.459 e. The number of carbonyl (C=O) groups excluding carboxylic acids is 3. The normalized spacial score (nSPS) is 13.0. The van der Waals surface area contributed by atoms with E-state index in [1.54, 1.807) is 19.2 Å². The molecule has 2 aromatic carbocycles. The third-order valence-electron chi connectivity index (χ3n) is 4.46. The molecule has 1 N–H and O–H groups in total. The van der Waals surface area contributed by atoms with E-state index in [0.717, 1.165) is 16.7 Å². The number of alkyl carbamates (subject to hydrolysis) is 1. The first kappa shape index (κ1) is 21.8. The highest BCUT2D eigenvalue weighted by Gasteiger charge is 2.26. The SMILES string of the molecule is CCOC(=O)C(=O)N1C=C(Cc2ccccc2)C=C(NC(=O)OCc2ccccc2)C1. The fourth-order valence-electron chi connectivity index (χ4n) is 3.07. The molecule has 2 aromatic rings. The van der Waals surface area contributed by atoms with Crippen LogP contribution in [0, 0.1) is 0 Å². The van der Waals surface area contributed by atoms with Crippen molar-refractivity contribution in [1.29, 1.82) is 0 Å². The number of hydrogen-bond donors (Lipinski definition) is 1. The van der Waals surface area contributed by atoms with Crippen LogP contribution < -0.4 is 5.32 Å². The van der Waals surface area contributed by atoms with Crippen molar-refractivity contribution >= 4 is 18.0 Å². The second-order valence-electron chi connectivity index (χ2n) is 6.88. The van der Waals surface area contributed by atoms with Gasteiger partial charge in [0.2, 0.25) is 0 Å². The van der Waals surface area contributed by atoms with Crippen molar-refractivity contribution in [2.75, 3.05) is 13.2 Å². The maximum absolute atomic E-state index is 12.5. The predicted molar refractivity (Wildman–Crippen MR) is 114 cm³/mol. The highest BCUT2D eigenvalue weighted by atomic mass is 16.5. The molecule has 0 aromatic heterocycles. The van der Waals surface area contributed by atoms with Gasteiger partial charge >= 0.3 is 18.0 Å². The van der Waals surface area contributed by atoms with E-state index >= 15 is 0 Å². The highest BCUT2D eigenvalue weighted by Crippen LogP contribution is 2.18. The number of allylic oxidation sites excluding steroid dienone is 2. The smallest absolute Gasteiger partial charge is 0.411 e. The molecule has 0 unspecified atom stereocenters. The van der Waals surface area contributed by atoms with Gasteiger partial charge in [0, 0.05) is 11.9 Å². The van der Waals surface area contributed by atoms with Gasteiger partial charge in [-0.15, -0.1) is 0 Å². The molecule has 0 spiro atoms. The van der Waals surface area contributed by atoms with Crippen LogP contribution >= 0.6 is 0 Å². The number of carbonyl (C=O) groups is 3. The second-order valence-corrected chi connectivity index (χ2v) is 6.88. The topological polar surface area (TPSA) is 84.9 Å². The fourth-order valence-corrected chi connectivity index (χ4v) is 3.07. The van der Waals surface area contributed by atoms with Crippen LogP contribution in [0.3, 0.4) is 0 Å². The molecule has 3 rings (SSSR count). The number of esters is 1. The van der Waals surface area contributed by atoms with Crippen molar-refractivity contribution in [3.8, 4) is 0 Å². The Labute approximate surface area is 181 Å². The van der Waals surface area contributed by atoms with Crippen LogP contribution in [-0.4, -0.2) is 36.0 Å². The van der Waals surface area contributed by atoms with Crippen LogP contribution in [-0.2, 0) is 32.1 Å². The average molecular weight is 420 g/mol. The second kappa shape index (κ2) is 10.8. The average Bonchev–Trinajstić information content (AvgIpc) is 2.78. The summed E-state index contributed by atoms with van der Waals surface area (Å²) >= 11 is 0. The van der Waals surface area contributed by atoms with E-state index in [1.807, 2.05) is 60.7 Å². The van der Waals surface area contributed by atoms with E-state index in [1.165, 1.54) is 4.90 Å². The molecule has 0 saturated heterocycles. The van der Waals surface area contributed by atoms with Gasteiger partial charge in [-0.3, -0.25) is 10.1 Å². The molecule has 31 heavy (non-hydrogen) atoms. The molecule has 0 atom stereocenters. The van der Waals surface area contributed by atoms with Crippen LogP contribution in [0.5, 0.6) is 0 Å². The fraction of sp³-hybridized carbons (Fsp3) is 0.208. The van der Waals surface area contributed by atoms with Gasteiger partial charge in [-0.1, -0.05) is 60.7 Å². The lowest BCUT2D eigenvalue weighted by atomic mass is 10.0. The third-order valence-corrected chi connectivity index (χ3v) is 4.46. The first-order valence-corrected chi connectivity index (χ1v) is 9.95. The summed E-state index contributed by atoms with van der Waals surface area (Å²) in [6.07, 6.45) is 3.27. The van der Waals surface area contributed by atoms with Crippen molar-refractivity contribution in [3.63, 3.8) is 0 Å². The number of hydrogen-bond acceptors (Lipinski definition) is 5.